The van der Waals surface area contributed by atoms with Crippen molar-refractivity contribution in [3.8, 4) is 0 Å². The molecule has 0 radical (unpaired) electrons. The van der Waals surface area contributed by atoms with Gasteiger partial charge in [-0.1, -0.05) is 37.3 Å². The first-order valence-corrected chi connectivity index (χ1v) is 7.94. The number of sulfone groups is 1. The first kappa shape index (κ1) is 12.6. The first-order chi connectivity index (χ1) is 8.11. The highest BCUT2D eigenvalue weighted by Gasteiger charge is 2.29. The highest BCUT2D eigenvalue weighted by atomic mass is 32.2. The predicted octanol–water partition coefficient (Wildman–Crippen LogP) is 1.91. The summed E-state index contributed by atoms with van der Waals surface area (Å²) in [6.07, 6.45) is 1.71. The van der Waals surface area contributed by atoms with Gasteiger partial charge in [-0.3, -0.25) is 0 Å². The number of benzene rings is 1. The molecule has 2 unspecified atom stereocenters. The Labute approximate surface area is 103 Å². The maximum Gasteiger partial charge on any atom is 0.151 e. The minimum absolute atomic E-state index is 0.116. The van der Waals surface area contributed by atoms with Gasteiger partial charge in [0.05, 0.1) is 11.5 Å². The second-order valence-electron chi connectivity index (χ2n) is 4.64. The Morgan fingerprint density at radius 2 is 2.06 bits per heavy atom. The molecule has 2 atom stereocenters. The van der Waals surface area contributed by atoms with E-state index in [9.17, 15) is 8.42 Å². The first-order valence-electron chi connectivity index (χ1n) is 6.12. The molecular weight excluding hydrogens is 234 g/mol. The zero-order valence-corrected chi connectivity index (χ0v) is 10.9. The quantitative estimate of drug-likeness (QED) is 0.891. The molecule has 94 valence electrons. The molecule has 0 saturated carbocycles. The van der Waals surface area contributed by atoms with Crippen molar-refractivity contribution in [2.24, 2.45) is 0 Å². The number of nitrogens with one attached hydrogen (secondary N) is 1. The summed E-state index contributed by atoms with van der Waals surface area (Å²) < 4.78 is 22.8. The molecule has 0 aromatic heterocycles. The molecule has 1 N–H and O–H groups in total. The molecule has 0 aliphatic carbocycles. The summed E-state index contributed by atoms with van der Waals surface area (Å²) in [5.41, 5.74) is 1.24. The maximum absolute atomic E-state index is 11.4. The van der Waals surface area contributed by atoms with Crippen LogP contribution in [-0.4, -0.2) is 26.0 Å². The lowest BCUT2D eigenvalue weighted by molar-refractivity contribution is 0.450. The van der Waals surface area contributed by atoms with Crippen LogP contribution in [0.25, 0.3) is 0 Å². The average molecular weight is 253 g/mol. The van der Waals surface area contributed by atoms with Crippen LogP contribution in [0.15, 0.2) is 30.3 Å². The predicted molar refractivity (Wildman–Crippen MR) is 69.7 cm³/mol. The van der Waals surface area contributed by atoms with Crippen LogP contribution in [0.1, 0.15) is 31.4 Å². The molecule has 1 heterocycles. The van der Waals surface area contributed by atoms with Crippen LogP contribution in [0.3, 0.4) is 0 Å². The van der Waals surface area contributed by atoms with Gasteiger partial charge < -0.3 is 5.32 Å². The summed E-state index contributed by atoms with van der Waals surface area (Å²) in [5.74, 6) is 0.617. The lowest BCUT2D eigenvalue weighted by Gasteiger charge is -2.21. The normalized spacial score (nSPS) is 24.6. The van der Waals surface area contributed by atoms with Gasteiger partial charge in [0.1, 0.15) is 0 Å². The van der Waals surface area contributed by atoms with Crippen molar-refractivity contribution in [2.75, 3.05) is 11.5 Å². The van der Waals surface area contributed by atoms with Crippen LogP contribution >= 0.6 is 0 Å². The van der Waals surface area contributed by atoms with Crippen molar-refractivity contribution in [2.45, 2.75) is 31.8 Å². The molecule has 1 aliphatic heterocycles. The van der Waals surface area contributed by atoms with Gasteiger partial charge in [0.15, 0.2) is 9.84 Å². The van der Waals surface area contributed by atoms with Crippen LogP contribution in [0, 0.1) is 0 Å². The van der Waals surface area contributed by atoms with Gasteiger partial charge in [-0.15, -0.1) is 0 Å². The van der Waals surface area contributed by atoms with Gasteiger partial charge in [-0.05, 0) is 18.4 Å². The minimum atomic E-state index is -2.79. The topological polar surface area (TPSA) is 46.2 Å². The van der Waals surface area contributed by atoms with Gasteiger partial charge in [-0.2, -0.15) is 0 Å². The van der Waals surface area contributed by atoms with Crippen molar-refractivity contribution in [1.82, 2.24) is 5.32 Å². The number of hydrogen-bond acceptors (Lipinski definition) is 3. The van der Waals surface area contributed by atoms with E-state index in [1.807, 2.05) is 18.2 Å². The van der Waals surface area contributed by atoms with Crippen molar-refractivity contribution in [3.63, 3.8) is 0 Å². The van der Waals surface area contributed by atoms with Gasteiger partial charge in [-0.25, -0.2) is 8.42 Å². The highest BCUT2D eigenvalue weighted by Crippen LogP contribution is 2.20. The Balaban J connectivity index is 2.02. The van der Waals surface area contributed by atoms with Crippen LogP contribution in [0.2, 0.25) is 0 Å². The third kappa shape index (κ3) is 3.30. The smallest absolute Gasteiger partial charge is 0.151 e. The van der Waals surface area contributed by atoms with Crippen LogP contribution in [-0.2, 0) is 9.84 Å². The Morgan fingerprint density at radius 3 is 2.59 bits per heavy atom. The fraction of sp³-hybridized carbons (Fsp3) is 0.538. The van der Waals surface area contributed by atoms with Crippen LogP contribution in [0.5, 0.6) is 0 Å². The maximum atomic E-state index is 11.4. The molecule has 1 aromatic carbocycles. The zero-order valence-electron chi connectivity index (χ0n) is 10.1. The van der Waals surface area contributed by atoms with Crippen molar-refractivity contribution in [3.05, 3.63) is 35.9 Å². The second kappa shape index (κ2) is 5.19. The van der Waals surface area contributed by atoms with Crippen molar-refractivity contribution >= 4 is 9.84 Å². The Kier molecular flexibility index (Phi) is 3.84. The van der Waals surface area contributed by atoms with E-state index in [2.05, 4.69) is 24.4 Å². The molecular formula is C13H19NO2S. The van der Waals surface area contributed by atoms with E-state index in [-0.39, 0.29) is 17.8 Å². The molecule has 1 fully saturated rings. The summed E-state index contributed by atoms with van der Waals surface area (Å²) in [6.45, 7) is 2.12. The summed E-state index contributed by atoms with van der Waals surface area (Å²) >= 11 is 0. The van der Waals surface area contributed by atoms with E-state index in [4.69, 9.17) is 0 Å². The third-order valence-corrected chi connectivity index (χ3v) is 5.05. The minimum Gasteiger partial charge on any atom is -0.306 e. The standard InChI is InChI=1S/C13H19NO2S/c1-2-13(11-6-4-3-5-7-11)14-12-8-9-17(15,16)10-12/h3-7,12-14H,2,8-10H2,1H3. The molecule has 1 saturated heterocycles. The van der Waals surface area contributed by atoms with E-state index in [1.54, 1.807) is 0 Å². The Bertz CT molecular complexity index is 456. The lowest BCUT2D eigenvalue weighted by Crippen LogP contribution is -2.33. The van der Waals surface area contributed by atoms with E-state index >= 15 is 0 Å². The third-order valence-electron chi connectivity index (χ3n) is 3.28. The molecule has 1 aromatic rings. The molecule has 1 aliphatic rings. The SMILES string of the molecule is CCC(NC1CCS(=O)(=O)C1)c1ccccc1. The van der Waals surface area contributed by atoms with E-state index in [0.29, 0.717) is 5.75 Å². The Morgan fingerprint density at radius 1 is 1.35 bits per heavy atom. The molecule has 0 spiro atoms. The summed E-state index contributed by atoms with van der Waals surface area (Å²) in [5, 5.41) is 3.46. The molecule has 0 amide bonds. The average Bonchev–Trinajstić information content (AvgIpc) is 2.67. The monoisotopic (exact) mass is 253 g/mol. The van der Waals surface area contributed by atoms with E-state index in [1.165, 1.54) is 5.56 Å². The molecule has 3 nitrogen and oxygen atoms in total. The molecule has 4 heteroatoms. The summed E-state index contributed by atoms with van der Waals surface area (Å²) in [6, 6.07) is 10.6. The van der Waals surface area contributed by atoms with Crippen LogP contribution < -0.4 is 5.32 Å². The fourth-order valence-corrected chi connectivity index (χ4v) is 4.03. The second-order valence-corrected chi connectivity index (χ2v) is 6.87. The van der Waals surface area contributed by atoms with Gasteiger partial charge >= 0.3 is 0 Å². The molecule has 0 bridgehead atoms. The number of hydrogen-bond donors (Lipinski definition) is 1. The van der Waals surface area contributed by atoms with E-state index in [0.717, 1.165) is 12.8 Å². The molecule has 17 heavy (non-hydrogen) atoms. The summed E-state index contributed by atoms with van der Waals surface area (Å²) in [7, 11) is -2.79. The van der Waals surface area contributed by atoms with Gasteiger partial charge in [0.25, 0.3) is 0 Å². The summed E-state index contributed by atoms with van der Waals surface area (Å²) in [4.78, 5) is 0. The van der Waals surface area contributed by atoms with Gasteiger partial charge in [0, 0.05) is 12.1 Å². The largest absolute Gasteiger partial charge is 0.306 e. The van der Waals surface area contributed by atoms with Crippen molar-refractivity contribution < 1.29 is 8.42 Å². The zero-order chi connectivity index (χ0) is 12.3. The van der Waals surface area contributed by atoms with E-state index < -0.39 is 9.84 Å². The fourth-order valence-electron chi connectivity index (χ4n) is 2.35. The molecule has 2 rings (SSSR count). The number of rotatable bonds is 4. The van der Waals surface area contributed by atoms with Gasteiger partial charge in [0.2, 0.25) is 0 Å². The van der Waals surface area contributed by atoms with Crippen LogP contribution in [0.4, 0.5) is 0 Å². The lowest BCUT2D eigenvalue weighted by atomic mass is 10.0. The highest BCUT2D eigenvalue weighted by molar-refractivity contribution is 7.91. The Hall–Kier alpha value is -0.870. The van der Waals surface area contributed by atoms with Crippen molar-refractivity contribution in [1.29, 1.82) is 0 Å².